The minimum Gasteiger partial charge on any atom is -0.497 e. The van der Waals surface area contributed by atoms with E-state index in [2.05, 4.69) is 4.74 Å². The van der Waals surface area contributed by atoms with Crippen LogP contribution in [-0.4, -0.2) is 25.8 Å². The summed E-state index contributed by atoms with van der Waals surface area (Å²) in [4.78, 5) is 22.6. The van der Waals surface area contributed by atoms with Gasteiger partial charge in [0.2, 0.25) is 6.79 Å². The Hall–Kier alpha value is -2.56. The van der Waals surface area contributed by atoms with Gasteiger partial charge in [0.05, 0.1) is 13.0 Å². The van der Waals surface area contributed by atoms with Crippen molar-refractivity contribution in [2.24, 2.45) is 0 Å². The fraction of sp³-hybridized carbons (Fsp3) is 0.294. The zero-order valence-corrected chi connectivity index (χ0v) is 12.8. The highest BCUT2D eigenvalue weighted by Gasteiger charge is 2.17. The standard InChI is InChI=1S/C17H18O5/c1-11(17(19)22-10-21-12(2)18)13-4-5-15-9-16(20-3)7-6-14(15)8-13/h4-9,11H,10H2,1-3H3/t11-/m0/s1. The zero-order valence-electron chi connectivity index (χ0n) is 12.8. The molecule has 5 nitrogen and oxygen atoms in total. The van der Waals surface area contributed by atoms with E-state index in [1.54, 1.807) is 14.0 Å². The van der Waals surface area contributed by atoms with E-state index in [0.717, 1.165) is 22.1 Å². The molecular formula is C17H18O5. The van der Waals surface area contributed by atoms with Gasteiger partial charge in [0, 0.05) is 6.92 Å². The van der Waals surface area contributed by atoms with E-state index in [0.29, 0.717) is 0 Å². The van der Waals surface area contributed by atoms with Crippen LogP contribution in [0.4, 0.5) is 0 Å². The van der Waals surface area contributed by atoms with Crippen molar-refractivity contribution in [3.05, 3.63) is 42.0 Å². The summed E-state index contributed by atoms with van der Waals surface area (Å²) in [7, 11) is 1.62. The third-order valence-corrected chi connectivity index (χ3v) is 3.39. The predicted molar refractivity (Wildman–Crippen MR) is 81.6 cm³/mol. The average molecular weight is 302 g/mol. The number of rotatable bonds is 5. The maximum atomic E-state index is 11.9. The Morgan fingerprint density at radius 2 is 1.73 bits per heavy atom. The Kier molecular flexibility index (Phi) is 4.99. The maximum Gasteiger partial charge on any atom is 0.316 e. The lowest BCUT2D eigenvalue weighted by molar-refractivity contribution is -0.166. The van der Waals surface area contributed by atoms with Crippen molar-refractivity contribution in [2.75, 3.05) is 13.9 Å². The first kappa shape index (κ1) is 15.8. The Labute approximate surface area is 128 Å². The van der Waals surface area contributed by atoms with E-state index < -0.39 is 17.9 Å². The molecule has 5 heteroatoms. The van der Waals surface area contributed by atoms with E-state index in [1.165, 1.54) is 6.92 Å². The topological polar surface area (TPSA) is 61.8 Å². The van der Waals surface area contributed by atoms with Crippen molar-refractivity contribution in [3.8, 4) is 5.75 Å². The first-order valence-corrected chi connectivity index (χ1v) is 6.89. The highest BCUT2D eigenvalue weighted by molar-refractivity contribution is 5.86. The Bertz CT molecular complexity index is 693. The minimum atomic E-state index is -0.486. The van der Waals surface area contributed by atoms with Gasteiger partial charge in [0.1, 0.15) is 5.75 Å². The van der Waals surface area contributed by atoms with Gasteiger partial charge >= 0.3 is 11.9 Å². The summed E-state index contributed by atoms with van der Waals surface area (Å²) in [5.41, 5.74) is 0.838. The molecule has 0 saturated carbocycles. The number of fused-ring (bicyclic) bond motifs is 1. The van der Waals surface area contributed by atoms with Gasteiger partial charge in [0.25, 0.3) is 0 Å². The summed E-state index contributed by atoms with van der Waals surface area (Å²) in [6.07, 6.45) is 0. The summed E-state index contributed by atoms with van der Waals surface area (Å²) >= 11 is 0. The highest BCUT2D eigenvalue weighted by atomic mass is 16.7. The number of hydrogen-bond donors (Lipinski definition) is 0. The second-order valence-electron chi connectivity index (χ2n) is 4.91. The number of carbonyl (C=O) groups excluding carboxylic acids is 2. The molecule has 0 fully saturated rings. The molecular weight excluding hydrogens is 284 g/mol. The van der Waals surface area contributed by atoms with Crippen molar-refractivity contribution < 1.29 is 23.8 Å². The van der Waals surface area contributed by atoms with Crippen LogP contribution in [0.25, 0.3) is 10.8 Å². The van der Waals surface area contributed by atoms with Crippen molar-refractivity contribution in [1.29, 1.82) is 0 Å². The summed E-state index contributed by atoms with van der Waals surface area (Å²) in [5, 5.41) is 2.04. The van der Waals surface area contributed by atoms with Crippen molar-refractivity contribution >= 4 is 22.7 Å². The third kappa shape index (κ3) is 3.75. The largest absolute Gasteiger partial charge is 0.497 e. The molecule has 0 N–H and O–H groups in total. The van der Waals surface area contributed by atoms with Gasteiger partial charge < -0.3 is 14.2 Å². The molecule has 0 aliphatic heterocycles. The molecule has 22 heavy (non-hydrogen) atoms. The van der Waals surface area contributed by atoms with Gasteiger partial charge in [-0.3, -0.25) is 9.59 Å². The summed E-state index contributed by atoms with van der Waals surface area (Å²) in [5.74, 6) is -0.578. The minimum absolute atomic E-state index is 0.358. The molecule has 2 aromatic rings. The van der Waals surface area contributed by atoms with Crippen LogP contribution < -0.4 is 4.74 Å². The zero-order chi connectivity index (χ0) is 16.1. The number of ether oxygens (including phenoxy) is 3. The highest BCUT2D eigenvalue weighted by Crippen LogP contribution is 2.25. The van der Waals surface area contributed by atoms with Gasteiger partial charge in [-0.1, -0.05) is 24.3 Å². The second kappa shape index (κ2) is 6.93. The quantitative estimate of drug-likeness (QED) is 0.627. The molecule has 2 rings (SSSR count). The van der Waals surface area contributed by atoms with Crippen LogP contribution >= 0.6 is 0 Å². The third-order valence-electron chi connectivity index (χ3n) is 3.39. The normalized spacial score (nSPS) is 11.8. The Morgan fingerprint density at radius 3 is 2.41 bits per heavy atom. The molecule has 0 saturated heterocycles. The number of esters is 2. The Balaban J connectivity index is 2.12. The number of methoxy groups -OCH3 is 1. The van der Waals surface area contributed by atoms with Gasteiger partial charge in [-0.25, -0.2) is 0 Å². The summed E-state index contributed by atoms with van der Waals surface area (Å²) in [6.45, 7) is 2.65. The molecule has 0 aromatic heterocycles. The molecule has 0 radical (unpaired) electrons. The van der Waals surface area contributed by atoms with Crippen molar-refractivity contribution in [3.63, 3.8) is 0 Å². The van der Waals surface area contributed by atoms with Crippen LogP contribution in [0.5, 0.6) is 5.75 Å². The van der Waals surface area contributed by atoms with Crippen molar-refractivity contribution in [1.82, 2.24) is 0 Å². The number of benzene rings is 2. The maximum absolute atomic E-state index is 11.9. The molecule has 2 aromatic carbocycles. The molecule has 0 aliphatic rings. The SMILES string of the molecule is COc1ccc2cc([C@H](C)C(=O)OCOC(C)=O)ccc2c1. The molecule has 0 aliphatic carbocycles. The van der Waals surface area contributed by atoms with Gasteiger partial charge in [-0.05, 0) is 35.4 Å². The molecule has 0 bridgehead atoms. The molecule has 1 atom stereocenters. The second-order valence-corrected chi connectivity index (χ2v) is 4.91. The van der Waals surface area contributed by atoms with Crippen LogP contribution in [0.2, 0.25) is 0 Å². The summed E-state index contributed by atoms with van der Waals surface area (Å²) in [6, 6.07) is 11.5. The summed E-state index contributed by atoms with van der Waals surface area (Å²) < 4.78 is 14.7. The molecule has 116 valence electrons. The van der Waals surface area contributed by atoms with E-state index >= 15 is 0 Å². The first-order chi connectivity index (χ1) is 10.5. The van der Waals surface area contributed by atoms with Crippen LogP contribution in [0.1, 0.15) is 25.3 Å². The van der Waals surface area contributed by atoms with Crippen LogP contribution in [-0.2, 0) is 19.1 Å². The lowest BCUT2D eigenvalue weighted by Crippen LogP contribution is -2.16. The predicted octanol–water partition coefficient (Wildman–Crippen LogP) is 3.02. The van der Waals surface area contributed by atoms with Crippen molar-refractivity contribution in [2.45, 2.75) is 19.8 Å². The molecule has 0 unspecified atom stereocenters. The monoisotopic (exact) mass is 302 g/mol. The molecule has 0 heterocycles. The lowest BCUT2D eigenvalue weighted by Gasteiger charge is -2.12. The van der Waals surface area contributed by atoms with Gasteiger partial charge in [0.15, 0.2) is 0 Å². The van der Waals surface area contributed by atoms with E-state index in [9.17, 15) is 9.59 Å². The van der Waals surface area contributed by atoms with E-state index in [1.807, 2.05) is 36.4 Å². The Morgan fingerprint density at radius 1 is 1.05 bits per heavy atom. The van der Waals surface area contributed by atoms with Gasteiger partial charge in [-0.15, -0.1) is 0 Å². The molecule has 0 spiro atoms. The lowest BCUT2D eigenvalue weighted by atomic mass is 9.98. The number of carbonyl (C=O) groups is 2. The fourth-order valence-electron chi connectivity index (χ4n) is 2.07. The van der Waals surface area contributed by atoms with Crippen LogP contribution in [0, 0.1) is 0 Å². The molecule has 0 amide bonds. The number of hydrogen-bond acceptors (Lipinski definition) is 5. The fourth-order valence-corrected chi connectivity index (χ4v) is 2.07. The van der Waals surface area contributed by atoms with E-state index in [4.69, 9.17) is 9.47 Å². The smallest absolute Gasteiger partial charge is 0.316 e. The van der Waals surface area contributed by atoms with Crippen LogP contribution in [0.3, 0.4) is 0 Å². The van der Waals surface area contributed by atoms with E-state index in [-0.39, 0.29) is 6.79 Å². The average Bonchev–Trinajstić information content (AvgIpc) is 2.52. The van der Waals surface area contributed by atoms with Crippen LogP contribution in [0.15, 0.2) is 36.4 Å². The van der Waals surface area contributed by atoms with Gasteiger partial charge in [-0.2, -0.15) is 0 Å². The first-order valence-electron chi connectivity index (χ1n) is 6.89.